The van der Waals surface area contributed by atoms with E-state index in [4.69, 9.17) is 4.74 Å². The molecule has 0 saturated carbocycles. The first kappa shape index (κ1) is 20.5. The molecule has 2 aromatic heterocycles. The van der Waals surface area contributed by atoms with E-state index in [0.29, 0.717) is 23.5 Å². The highest BCUT2D eigenvalue weighted by Gasteiger charge is 2.22. The third-order valence-corrected chi connectivity index (χ3v) is 4.38. The minimum absolute atomic E-state index is 0.123. The average molecular weight is 394 g/mol. The summed E-state index contributed by atoms with van der Waals surface area (Å²) in [4.78, 5) is 33.8. The van der Waals surface area contributed by atoms with E-state index >= 15 is 0 Å². The number of carbonyl (C=O) groups is 2. The van der Waals surface area contributed by atoms with Gasteiger partial charge in [-0.05, 0) is 51.5 Å². The zero-order chi connectivity index (χ0) is 21.0. The summed E-state index contributed by atoms with van der Waals surface area (Å²) in [6.07, 6.45) is 7.01. The fourth-order valence-electron chi connectivity index (χ4n) is 2.98. The van der Waals surface area contributed by atoms with Crippen LogP contribution in [-0.4, -0.2) is 27.6 Å². The SMILES string of the molecule is C[C@@H]1/C=C/C[C@H](NC(=O)OC(C)(C)C)c2cc(ccn2)-c2ncccc2NC1=O. The molecule has 2 N–H and O–H groups in total. The summed E-state index contributed by atoms with van der Waals surface area (Å²) in [6.45, 7) is 7.27. The lowest BCUT2D eigenvalue weighted by molar-refractivity contribution is -0.118. The standard InChI is InChI=1S/C22H26N4O3/c1-14-7-5-8-16(26-21(28)29-22(2,3)4)18-13-15(10-12-23-18)19-17(25-20(14)27)9-6-11-24-19/h5-7,9-14,16H,8H2,1-4H3,(H,25,27)(H,26,28)/b7-5+/t14-,16+/m1/s1. The highest BCUT2D eigenvalue weighted by Crippen LogP contribution is 2.29. The van der Waals surface area contributed by atoms with Crippen molar-refractivity contribution in [1.82, 2.24) is 15.3 Å². The van der Waals surface area contributed by atoms with E-state index in [1.807, 2.05) is 58.0 Å². The number of pyridine rings is 2. The second kappa shape index (κ2) is 8.43. The van der Waals surface area contributed by atoms with Crippen molar-refractivity contribution >= 4 is 17.7 Å². The van der Waals surface area contributed by atoms with Crippen LogP contribution in [-0.2, 0) is 9.53 Å². The van der Waals surface area contributed by atoms with Crippen molar-refractivity contribution in [2.75, 3.05) is 5.32 Å². The molecule has 0 unspecified atom stereocenters. The second-order valence-corrected chi connectivity index (χ2v) is 8.01. The van der Waals surface area contributed by atoms with Gasteiger partial charge in [0.25, 0.3) is 0 Å². The molecule has 2 bridgehead atoms. The summed E-state index contributed by atoms with van der Waals surface area (Å²) in [5.41, 5.74) is 2.17. The summed E-state index contributed by atoms with van der Waals surface area (Å²) >= 11 is 0. The second-order valence-electron chi connectivity index (χ2n) is 8.01. The Kier molecular flexibility index (Phi) is 5.96. The molecule has 0 aliphatic carbocycles. The maximum Gasteiger partial charge on any atom is 0.408 e. The van der Waals surface area contributed by atoms with Crippen LogP contribution >= 0.6 is 0 Å². The third-order valence-electron chi connectivity index (χ3n) is 4.38. The minimum atomic E-state index is -0.601. The Morgan fingerprint density at radius 1 is 1.24 bits per heavy atom. The van der Waals surface area contributed by atoms with Gasteiger partial charge in [0.2, 0.25) is 5.91 Å². The highest BCUT2D eigenvalue weighted by atomic mass is 16.6. The van der Waals surface area contributed by atoms with Gasteiger partial charge in [-0.3, -0.25) is 14.8 Å². The van der Waals surface area contributed by atoms with E-state index < -0.39 is 17.7 Å². The number of fused-ring (bicyclic) bond motifs is 4. The number of nitrogens with one attached hydrogen (secondary N) is 2. The van der Waals surface area contributed by atoms with Crippen molar-refractivity contribution in [3.63, 3.8) is 0 Å². The van der Waals surface area contributed by atoms with Crippen molar-refractivity contribution in [2.24, 2.45) is 5.92 Å². The van der Waals surface area contributed by atoms with Crippen LogP contribution in [0.4, 0.5) is 10.5 Å². The Labute approximate surface area is 170 Å². The van der Waals surface area contributed by atoms with Crippen molar-refractivity contribution < 1.29 is 14.3 Å². The fraction of sp³-hybridized carbons (Fsp3) is 0.364. The lowest BCUT2D eigenvalue weighted by atomic mass is 10.0. The highest BCUT2D eigenvalue weighted by molar-refractivity contribution is 5.96. The number of hydrogen-bond donors (Lipinski definition) is 2. The minimum Gasteiger partial charge on any atom is -0.444 e. The summed E-state index contributed by atoms with van der Waals surface area (Å²) in [7, 11) is 0. The molecular formula is C22H26N4O3. The molecule has 0 fully saturated rings. The number of anilines is 1. The number of nitrogens with zero attached hydrogens (tertiary/aromatic N) is 2. The van der Waals surface area contributed by atoms with E-state index in [-0.39, 0.29) is 11.8 Å². The molecule has 3 rings (SSSR count). The van der Waals surface area contributed by atoms with E-state index in [1.54, 1.807) is 18.5 Å². The van der Waals surface area contributed by atoms with Crippen LogP contribution in [0.3, 0.4) is 0 Å². The van der Waals surface area contributed by atoms with Gasteiger partial charge in [-0.15, -0.1) is 0 Å². The molecule has 0 radical (unpaired) electrons. The van der Waals surface area contributed by atoms with Gasteiger partial charge in [0.05, 0.1) is 29.0 Å². The number of carbonyl (C=O) groups excluding carboxylic acids is 2. The monoisotopic (exact) mass is 394 g/mol. The number of ether oxygens (including phenoxy) is 1. The first-order valence-electron chi connectivity index (χ1n) is 9.61. The molecule has 2 amide bonds. The Morgan fingerprint density at radius 3 is 2.79 bits per heavy atom. The van der Waals surface area contributed by atoms with Crippen LogP contribution in [0.25, 0.3) is 11.3 Å². The predicted molar refractivity (Wildman–Crippen MR) is 111 cm³/mol. The first-order chi connectivity index (χ1) is 13.7. The maximum atomic E-state index is 12.5. The van der Waals surface area contributed by atoms with Crippen LogP contribution in [0.1, 0.15) is 45.9 Å². The maximum absolute atomic E-state index is 12.5. The number of alkyl carbamates (subject to hydrolysis) is 1. The van der Waals surface area contributed by atoms with Crippen LogP contribution in [0.2, 0.25) is 0 Å². The predicted octanol–water partition coefficient (Wildman–Crippen LogP) is 4.24. The Bertz CT molecular complexity index is 934. The quantitative estimate of drug-likeness (QED) is 0.706. The Morgan fingerprint density at radius 2 is 2.03 bits per heavy atom. The molecule has 7 nitrogen and oxygen atoms in total. The summed E-state index contributed by atoms with van der Waals surface area (Å²) in [5.74, 6) is -0.460. The lowest BCUT2D eigenvalue weighted by Gasteiger charge is -2.23. The lowest BCUT2D eigenvalue weighted by Crippen LogP contribution is -2.35. The van der Waals surface area contributed by atoms with Gasteiger partial charge in [-0.1, -0.05) is 19.1 Å². The number of hydrogen-bond acceptors (Lipinski definition) is 5. The van der Waals surface area contributed by atoms with Crippen LogP contribution in [0.15, 0.2) is 48.8 Å². The number of amides is 2. The first-order valence-corrected chi connectivity index (χ1v) is 9.61. The Balaban J connectivity index is 2.01. The molecule has 0 saturated heterocycles. The summed E-state index contributed by atoms with van der Waals surface area (Å²) < 4.78 is 5.40. The molecule has 1 aliphatic heterocycles. The van der Waals surface area contributed by atoms with Gasteiger partial charge in [-0.2, -0.15) is 0 Å². The molecule has 2 aromatic rings. The van der Waals surface area contributed by atoms with Crippen molar-refractivity contribution in [3.05, 3.63) is 54.5 Å². The molecule has 0 aromatic carbocycles. The van der Waals surface area contributed by atoms with Gasteiger partial charge >= 0.3 is 6.09 Å². The topological polar surface area (TPSA) is 93.2 Å². The fourth-order valence-corrected chi connectivity index (χ4v) is 2.98. The largest absolute Gasteiger partial charge is 0.444 e. The van der Waals surface area contributed by atoms with E-state index in [0.717, 1.165) is 5.56 Å². The van der Waals surface area contributed by atoms with Crippen molar-refractivity contribution in [2.45, 2.75) is 45.8 Å². The van der Waals surface area contributed by atoms with Crippen LogP contribution in [0.5, 0.6) is 0 Å². The number of rotatable bonds is 1. The molecule has 29 heavy (non-hydrogen) atoms. The molecular weight excluding hydrogens is 368 g/mol. The van der Waals surface area contributed by atoms with E-state index in [1.165, 1.54) is 0 Å². The smallest absolute Gasteiger partial charge is 0.408 e. The van der Waals surface area contributed by atoms with Crippen molar-refractivity contribution in [1.29, 1.82) is 0 Å². The molecule has 3 heterocycles. The van der Waals surface area contributed by atoms with Crippen LogP contribution in [0, 0.1) is 5.92 Å². The zero-order valence-corrected chi connectivity index (χ0v) is 17.1. The van der Waals surface area contributed by atoms with Gasteiger partial charge in [0.1, 0.15) is 5.60 Å². The Hall–Kier alpha value is -3.22. The molecule has 152 valence electrons. The molecule has 0 spiro atoms. The van der Waals surface area contributed by atoms with Crippen molar-refractivity contribution in [3.8, 4) is 11.3 Å². The molecule has 7 heteroatoms. The average Bonchev–Trinajstić information content (AvgIpc) is 2.65. The van der Waals surface area contributed by atoms with Gasteiger partial charge in [0.15, 0.2) is 0 Å². The van der Waals surface area contributed by atoms with Gasteiger partial charge < -0.3 is 15.4 Å². The zero-order valence-electron chi connectivity index (χ0n) is 17.1. The third kappa shape index (κ3) is 5.40. The van der Waals surface area contributed by atoms with Crippen LogP contribution < -0.4 is 10.6 Å². The van der Waals surface area contributed by atoms with Gasteiger partial charge in [-0.25, -0.2) is 4.79 Å². The summed E-state index contributed by atoms with van der Waals surface area (Å²) in [5, 5.41) is 5.83. The van der Waals surface area contributed by atoms with E-state index in [2.05, 4.69) is 20.6 Å². The number of aromatic nitrogens is 2. The van der Waals surface area contributed by atoms with E-state index in [9.17, 15) is 9.59 Å². The molecule has 1 aliphatic rings. The summed E-state index contributed by atoms with van der Waals surface area (Å²) in [6, 6.07) is 6.90. The normalized spacial score (nSPS) is 20.3. The van der Waals surface area contributed by atoms with Gasteiger partial charge in [0, 0.05) is 18.0 Å². The molecule has 2 atom stereocenters.